The second kappa shape index (κ2) is 7.37. The molecule has 0 unspecified atom stereocenters. The van der Waals surface area contributed by atoms with Crippen molar-refractivity contribution >= 4 is 23.6 Å². The van der Waals surface area contributed by atoms with Gasteiger partial charge in [-0.1, -0.05) is 11.6 Å². The summed E-state index contributed by atoms with van der Waals surface area (Å²) in [5, 5.41) is 12.7. The Morgan fingerprint density at radius 1 is 1.29 bits per heavy atom. The zero-order valence-corrected chi connectivity index (χ0v) is 15.0. The molecule has 1 aromatic carbocycles. The van der Waals surface area contributed by atoms with Crippen LogP contribution in [0.25, 0.3) is 11.8 Å². The third-order valence-electron chi connectivity index (χ3n) is 3.64. The summed E-state index contributed by atoms with van der Waals surface area (Å²) >= 11 is 5.95. The van der Waals surface area contributed by atoms with Gasteiger partial charge in [0.2, 0.25) is 0 Å². The topological polar surface area (TPSA) is 57.8 Å². The van der Waals surface area contributed by atoms with Gasteiger partial charge in [-0.05, 0) is 69.7 Å². The number of nitrogens with zero attached hydrogens (tertiary/aromatic N) is 2. The number of carbonyl (C=O) groups is 1. The number of carbonyl (C=O) groups excluding carboxylic acids is 1. The van der Waals surface area contributed by atoms with Crippen LogP contribution in [0.4, 0.5) is 0 Å². The van der Waals surface area contributed by atoms with E-state index in [0.717, 1.165) is 22.6 Å². The van der Waals surface area contributed by atoms with Gasteiger partial charge in [-0.3, -0.25) is 4.79 Å². The average Bonchev–Trinajstić information content (AvgIpc) is 2.79. The highest BCUT2D eigenvalue weighted by Gasteiger charge is 2.14. The molecule has 24 heavy (non-hydrogen) atoms. The quantitative estimate of drug-likeness (QED) is 0.670. The summed E-state index contributed by atoms with van der Waals surface area (Å²) in [4.78, 5) is 12.1. The van der Waals surface area contributed by atoms with Crippen molar-refractivity contribution in [3.8, 4) is 11.8 Å². The molecule has 0 aliphatic carbocycles. The van der Waals surface area contributed by atoms with Crippen molar-refractivity contribution in [2.45, 2.75) is 33.7 Å². The summed E-state index contributed by atoms with van der Waals surface area (Å²) in [5.41, 5.74) is 3.90. The van der Waals surface area contributed by atoms with Crippen LogP contribution in [-0.4, -0.2) is 16.5 Å². The number of amides is 1. The number of hydrogen-bond acceptors (Lipinski definition) is 2. The Balaban J connectivity index is 2.44. The molecule has 0 bridgehead atoms. The van der Waals surface area contributed by atoms with Crippen LogP contribution >= 0.6 is 11.6 Å². The van der Waals surface area contributed by atoms with E-state index < -0.39 is 0 Å². The molecule has 5 heteroatoms. The molecule has 0 fully saturated rings. The van der Waals surface area contributed by atoms with Crippen LogP contribution in [0.2, 0.25) is 5.02 Å². The lowest BCUT2D eigenvalue weighted by atomic mass is 10.1. The van der Waals surface area contributed by atoms with E-state index >= 15 is 0 Å². The zero-order valence-electron chi connectivity index (χ0n) is 14.2. The second-order valence-electron chi connectivity index (χ2n) is 5.94. The van der Waals surface area contributed by atoms with Gasteiger partial charge in [-0.25, -0.2) is 0 Å². The smallest absolute Gasteiger partial charge is 0.262 e. The van der Waals surface area contributed by atoms with Gasteiger partial charge in [0.1, 0.15) is 11.6 Å². The van der Waals surface area contributed by atoms with Gasteiger partial charge in [0, 0.05) is 28.1 Å². The van der Waals surface area contributed by atoms with E-state index in [9.17, 15) is 10.1 Å². The first-order valence-corrected chi connectivity index (χ1v) is 8.08. The molecule has 0 saturated heterocycles. The van der Waals surface area contributed by atoms with Crippen molar-refractivity contribution < 1.29 is 4.79 Å². The lowest BCUT2D eigenvalue weighted by molar-refractivity contribution is -0.117. The zero-order chi connectivity index (χ0) is 17.9. The number of aromatic nitrogens is 1. The summed E-state index contributed by atoms with van der Waals surface area (Å²) in [6.07, 6.45) is 1.63. The monoisotopic (exact) mass is 341 g/mol. The lowest BCUT2D eigenvalue weighted by Crippen LogP contribution is -2.30. The van der Waals surface area contributed by atoms with E-state index in [4.69, 9.17) is 11.6 Å². The normalized spacial score (nSPS) is 11.5. The van der Waals surface area contributed by atoms with Crippen molar-refractivity contribution in [3.63, 3.8) is 0 Å². The van der Waals surface area contributed by atoms with Gasteiger partial charge < -0.3 is 9.88 Å². The number of benzene rings is 1. The van der Waals surface area contributed by atoms with Crippen LogP contribution < -0.4 is 5.32 Å². The number of aryl methyl sites for hydroxylation is 1. The Morgan fingerprint density at radius 2 is 1.92 bits per heavy atom. The molecule has 0 radical (unpaired) electrons. The average molecular weight is 342 g/mol. The molecule has 0 aliphatic rings. The van der Waals surface area contributed by atoms with Crippen LogP contribution in [0.5, 0.6) is 0 Å². The Morgan fingerprint density at radius 3 is 2.46 bits per heavy atom. The fourth-order valence-electron chi connectivity index (χ4n) is 2.57. The maximum Gasteiger partial charge on any atom is 0.262 e. The third kappa shape index (κ3) is 3.87. The van der Waals surface area contributed by atoms with Gasteiger partial charge >= 0.3 is 0 Å². The van der Waals surface area contributed by atoms with E-state index in [1.165, 1.54) is 0 Å². The molecule has 4 nitrogen and oxygen atoms in total. The lowest BCUT2D eigenvalue weighted by Gasteiger charge is -2.10. The third-order valence-corrected chi connectivity index (χ3v) is 3.89. The van der Waals surface area contributed by atoms with E-state index in [1.54, 1.807) is 6.08 Å². The molecule has 2 aromatic rings. The largest absolute Gasteiger partial charge is 0.349 e. The van der Waals surface area contributed by atoms with Crippen molar-refractivity contribution in [1.29, 1.82) is 5.26 Å². The predicted molar refractivity (Wildman–Crippen MR) is 97.1 cm³/mol. The summed E-state index contributed by atoms with van der Waals surface area (Å²) in [7, 11) is 0. The minimum atomic E-state index is -0.358. The van der Waals surface area contributed by atoms with Gasteiger partial charge in [-0.15, -0.1) is 0 Å². The molecular formula is C19H20ClN3O. The Kier molecular flexibility index (Phi) is 5.48. The van der Waals surface area contributed by atoms with E-state index in [2.05, 4.69) is 9.88 Å². The molecule has 1 heterocycles. The first-order chi connectivity index (χ1) is 11.3. The summed E-state index contributed by atoms with van der Waals surface area (Å²) in [5.74, 6) is -0.358. The summed E-state index contributed by atoms with van der Waals surface area (Å²) in [6.45, 7) is 7.67. The molecular weight excluding hydrogens is 322 g/mol. The van der Waals surface area contributed by atoms with Crippen LogP contribution in [0, 0.1) is 25.2 Å². The first kappa shape index (κ1) is 17.8. The number of hydrogen-bond donors (Lipinski definition) is 1. The van der Waals surface area contributed by atoms with Gasteiger partial charge in [0.25, 0.3) is 5.91 Å². The van der Waals surface area contributed by atoms with E-state index in [-0.39, 0.29) is 17.5 Å². The highest BCUT2D eigenvalue weighted by atomic mass is 35.5. The Bertz CT molecular complexity index is 824. The maximum absolute atomic E-state index is 12.1. The summed E-state index contributed by atoms with van der Waals surface area (Å²) < 4.78 is 2.07. The number of rotatable bonds is 4. The Hall–Kier alpha value is -2.51. The van der Waals surface area contributed by atoms with Gasteiger partial charge in [0.05, 0.1) is 0 Å². The van der Waals surface area contributed by atoms with E-state index in [1.807, 2.05) is 64.1 Å². The molecule has 124 valence electrons. The fourth-order valence-corrected chi connectivity index (χ4v) is 2.69. The summed E-state index contributed by atoms with van der Waals surface area (Å²) in [6, 6.07) is 11.5. The molecule has 0 aliphatic heterocycles. The molecule has 2 rings (SSSR count). The van der Waals surface area contributed by atoms with Crippen molar-refractivity contribution in [2.24, 2.45) is 0 Å². The molecule has 1 aromatic heterocycles. The first-order valence-electron chi connectivity index (χ1n) is 7.71. The number of nitrogens with one attached hydrogen (secondary N) is 1. The van der Waals surface area contributed by atoms with Crippen LogP contribution in [0.1, 0.15) is 30.8 Å². The molecule has 1 N–H and O–H groups in total. The van der Waals surface area contributed by atoms with Crippen molar-refractivity contribution in [2.75, 3.05) is 0 Å². The minimum Gasteiger partial charge on any atom is -0.349 e. The molecule has 0 atom stereocenters. The van der Waals surface area contributed by atoms with Crippen molar-refractivity contribution in [3.05, 3.63) is 57.9 Å². The Labute approximate surface area is 147 Å². The molecule has 0 spiro atoms. The van der Waals surface area contributed by atoms with Gasteiger partial charge in [-0.2, -0.15) is 5.26 Å². The predicted octanol–water partition coefficient (Wildman–Crippen LogP) is 4.18. The van der Waals surface area contributed by atoms with Crippen LogP contribution in [0.15, 0.2) is 35.9 Å². The second-order valence-corrected chi connectivity index (χ2v) is 6.37. The number of nitriles is 1. The standard InChI is InChI=1S/C19H20ClN3O/c1-12(2)22-19(24)16(11-21)10-15-9-13(3)23(14(15)4)18-7-5-17(20)6-8-18/h5-10,12H,1-4H3,(H,22,24)/b16-10+. The highest BCUT2D eigenvalue weighted by molar-refractivity contribution is 6.30. The number of halogens is 1. The van der Waals surface area contributed by atoms with E-state index in [0.29, 0.717) is 5.02 Å². The van der Waals surface area contributed by atoms with Gasteiger partial charge in [0.15, 0.2) is 0 Å². The van der Waals surface area contributed by atoms with Crippen LogP contribution in [0.3, 0.4) is 0 Å². The molecule has 1 amide bonds. The molecule has 0 saturated carbocycles. The minimum absolute atomic E-state index is 0.0178. The SMILES string of the molecule is Cc1cc(/C=C(\C#N)C(=O)NC(C)C)c(C)n1-c1ccc(Cl)cc1. The maximum atomic E-state index is 12.1. The fraction of sp³-hybridized carbons (Fsp3) is 0.263. The van der Waals surface area contributed by atoms with Crippen LogP contribution in [-0.2, 0) is 4.79 Å². The highest BCUT2D eigenvalue weighted by Crippen LogP contribution is 2.24. The van der Waals surface area contributed by atoms with Crippen molar-refractivity contribution in [1.82, 2.24) is 9.88 Å².